The topological polar surface area (TPSA) is 46.6 Å². The normalized spacial score (nSPS) is 24.7. The zero-order valence-corrected chi connectivity index (χ0v) is 12.8. The highest BCUT2D eigenvalue weighted by Gasteiger charge is 2.50. The summed E-state index contributed by atoms with van der Waals surface area (Å²) in [4.78, 5) is 26.8. The first kappa shape index (κ1) is 15.4. The Kier molecular flexibility index (Phi) is 4.01. The first-order valence-electron chi connectivity index (χ1n) is 7.01. The van der Waals surface area contributed by atoms with Crippen molar-refractivity contribution in [2.75, 3.05) is 6.61 Å². The number of carbonyl (C=O) groups is 2. The van der Waals surface area contributed by atoms with Crippen molar-refractivity contribution in [3.05, 3.63) is 48.6 Å². The van der Waals surface area contributed by atoms with E-state index in [2.05, 4.69) is 6.58 Å². The van der Waals surface area contributed by atoms with E-state index in [9.17, 15) is 9.59 Å². The van der Waals surface area contributed by atoms with Gasteiger partial charge in [-0.3, -0.25) is 9.59 Å². The molecule has 1 atom stereocenters. The number of hydrogen-bond donors (Lipinski definition) is 0. The summed E-state index contributed by atoms with van der Waals surface area (Å²) in [6.45, 7) is 9.24. The minimum Gasteiger partial charge on any atom is -0.355 e. The van der Waals surface area contributed by atoms with E-state index in [0.29, 0.717) is 12.0 Å². The van der Waals surface area contributed by atoms with Crippen molar-refractivity contribution in [2.45, 2.75) is 32.9 Å². The van der Waals surface area contributed by atoms with E-state index in [0.717, 1.165) is 0 Å². The Morgan fingerprint density at radius 3 is 2.52 bits per heavy atom. The SMILES string of the molecule is C=CC[C@]1(C)COC(C)(C)N(C(=O)c2ccccc2)C1=O. The molecule has 4 nitrogen and oxygen atoms in total. The molecule has 1 saturated heterocycles. The summed E-state index contributed by atoms with van der Waals surface area (Å²) in [6.07, 6.45) is 2.16. The predicted octanol–water partition coefficient (Wildman–Crippen LogP) is 3.00. The van der Waals surface area contributed by atoms with Gasteiger partial charge in [0.1, 0.15) is 5.72 Å². The molecule has 1 fully saturated rings. The molecule has 0 saturated carbocycles. The maximum absolute atomic E-state index is 12.8. The van der Waals surface area contributed by atoms with Crippen LogP contribution in [-0.2, 0) is 9.53 Å². The zero-order valence-electron chi connectivity index (χ0n) is 12.8. The molecule has 112 valence electrons. The fourth-order valence-corrected chi connectivity index (χ4v) is 2.49. The summed E-state index contributed by atoms with van der Waals surface area (Å²) in [7, 11) is 0. The number of allylic oxidation sites excluding steroid dienone is 1. The minimum absolute atomic E-state index is 0.215. The standard InChI is InChI=1S/C17H21NO3/c1-5-11-17(4)12-21-16(2,3)18(15(17)20)14(19)13-9-7-6-8-10-13/h5-10H,1,11-12H2,2-4H3/t17-/m1/s1. The molecule has 2 rings (SSSR count). The number of nitrogens with zero attached hydrogens (tertiary/aromatic N) is 1. The molecule has 0 unspecified atom stereocenters. The number of imide groups is 1. The molecule has 4 heteroatoms. The Labute approximate surface area is 125 Å². The maximum atomic E-state index is 12.8. The van der Waals surface area contributed by atoms with Crippen molar-refractivity contribution >= 4 is 11.8 Å². The molecule has 1 aliphatic heterocycles. The fourth-order valence-electron chi connectivity index (χ4n) is 2.49. The van der Waals surface area contributed by atoms with Gasteiger partial charge in [-0.25, -0.2) is 4.90 Å². The number of ether oxygens (including phenoxy) is 1. The smallest absolute Gasteiger partial charge is 0.262 e. The van der Waals surface area contributed by atoms with Crippen LogP contribution in [0.2, 0.25) is 0 Å². The van der Waals surface area contributed by atoms with Gasteiger partial charge in [0, 0.05) is 5.56 Å². The Morgan fingerprint density at radius 2 is 1.95 bits per heavy atom. The van der Waals surface area contributed by atoms with Gasteiger partial charge in [0.15, 0.2) is 0 Å². The zero-order chi connectivity index (χ0) is 15.7. The molecule has 0 aromatic heterocycles. The van der Waals surface area contributed by atoms with Crippen molar-refractivity contribution in [3.63, 3.8) is 0 Å². The minimum atomic E-state index is -0.954. The largest absolute Gasteiger partial charge is 0.355 e. The molecule has 1 aromatic rings. The molecule has 0 bridgehead atoms. The van der Waals surface area contributed by atoms with Crippen LogP contribution in [0.5, 0.6) is 0 Å². The second-order valence-corrected chi connectivity index (χ2v) is 6.10. The third kappa shape index (κ3) is 2.76. The predicted molar refractivity (Wildman–Crippen MR) is 80.6 cm³/mol. The lowest BCUT2D eigenvalue weighted by Crippen LogP contribution is -2.63. The number of rotatable bonds is 3. The fraction of sp³-hybridized carbons (Fsp3) is 0.412. The van der Waals surface area contributed by atoms with Gasteiger partial charge in [-0.2, -0.15) is 0 Å². The van der Waals surface area contributed by atoms with Crippen LogP contribution >= 0.6 is 0 Å². The summed E-state index contributed by atoms with van der Waals surface area (Å²) >= 11 is 0. The lowest BCUT2D eigenvalue weighted by atomic mass is 9.83. The molecule has 1 aliphatic rings. The van der Waals surface area contributed by atoms with Gasteiger partial charge in [0.25, 0.3) is 5.91 Å². The van der Waals surface area contributed by atoms with Crippen LogP contribution < -0.4 is 0 Å². The van der Waals surface area contributed by atoms with Crippen LogP contribution in [0.4, 0.5) is 0 Å². The average Bonchev–Trinajstić information content (AvgIpc) is 2.45. The van der Waals surface area contributed by atoms with Gasteiger partial charge in [-0.05, 0) is 39.3 Å². The first-order valence-corrected chi connectivity index (χ1v) is 7.01. The van der Waals surface area contributed by atoms with Crippen molar-refractivity contribution in [1.82, 2.24) is 4.90 Å². The lowest BCUT2D eigenvalue weighted by molar-refractivity contribution is -0.198. The molecule has 0 aliphatic carbocycles. The molecule has 0 radical (unpaired) electrons. The van der Waals surface area contributed by atoms with E-state index in [1.54, 1.807) is 51.1 Å². The van der Waals surface area contributed by atoms with Crippen molar-refractivity contribution < 1.29 is 14.3 Å². The van der Waals surface area contributed by atoms with E-state index >= 15 is 0 Å². The Morgan fingerprint density at radius 1 is 1.33 bits per heavy atom. The number of carbonyl (C=O) groups excluding carboxylic acids is 2. The van der Waals surface area contributed by atoms with E-state index < -0.39 is 11.1 Å². The van der Waals surface area contributed by atoms with Crippen LogP contribution in [-0.4, -0.2) is 29.0 Å². The molecule has 1 aromatic carbocycles. The van der Waals surface area contributed by atoms with Crippen LogP contribution in [0.15, 0.2) is 43.0 Å². The average molecular weight is 287 g/mol. The number of hydrogen-bond acceptors (Lipinski definition) is 3. The monoisotopic (exact) mass is 287 g/mol. The summed E-state index contributed by atoms with van der Waals surface area (Å²) in [5.74, 6) is -0.548. The third-order valence-electron chi connectivity index (χ3n) is 3.82. The quantitative estimate of drug-likeness (QED) is 0.634. The van der Waals surface area contributed by atoms with Gasteiger partial charge in [0.2, 0.25) is 5.91 Å². The van der Waals surface area contributed by atoms with Crippen molar-refractivity contribution in [2.24, 2.45) is 5.41 Å². The summed E-state index contributed by atoms with van der Waals surface area (Å²) in [5.41, 5.74) is -1.22. The second-order valence-electron chi connectivity index (χ2n) is 6.10. The summed E-state index contributed by atoms with van der Waals surface area (Å²) in [6, 6.07) is 8.78. The summed E-state index contributed by atoms with van der Waals surface area (Å²) in [5, 5.41) is 0. The molecule has 21 heavy (non-hydrogen) atoms. The number of amides is 2. The van der Waals surface area contributed by atoms with Gasteiger partial charge in [0.05, 0.1) is 12.0 Å². The Bertz CT molecular complexity index is 565. The van der Waals surface area contributed by atoms with Gasteiger partial charge < -0.3 is 4.74 Å². The molecule has 1 heterocycles. The van der Waals surface area contributed by atoms with Crippen LogP contribution in [0.1, 0.15) is 37.6 Å². The van der Waals surface area contributed by atoms with Crippen molar-refractivity contribution in [3.8, 4) is 0 Å². The van der Waals surface area contributed by atoms with E-state index in [1.807, 2.05) is 6.07 Å². The maximum Gasteiger partial charge on any atom is 0.262 e. The van der Waals surface area contributed by atoms with Crippen molar-refractivity contribution in [1.29, 1.82) is 0 Å². The van der Waals surface area contributed by atoms with Gasteiger partial charge in [-0.1, -0.05) is 24.3 Å². The second kappa shape index (κ2) is 5.45. The van der Waals surface area contributed by atoms with E-state index in [4.69, 9.17) is 4.74 Å². The van der Waals surface area contributed by atoms with Crippen LogP contribution in [0.25, 0.3) is 0 Å². The Balaban J connectivity index is 2.40. The van der Waals surface area contributed by atoms with Crippen LogP contribution in [0, 0.1) is 5.41 Å². The molecular formula is C17H21NO3. The Hall–Kier alpha value is -1.94. The highest BCUT2D eigenvalue weighted by Crippen LogP contribution is 2.36. The third-order valence-corrected chi connectivity index (χ3v) is 3.82. The highest BCUT2D eigenvalue weighted by atomic mass is 16.5. The number of benzene rings is 1. The lowest BCUT2D eigenvalue weighted by Gasteiger charge is -2.47. The van der Waals surface area contributed by atoms with Gasteiger partial charge >= 0.3 is 0 Å². The van der Waals surface area contributed by atoms with E-state index in [-0.39, 0.29) is 18.4 Å². The molecule has 0 spiro atoms. The van der Waals surface area contributed by atoms with Crippen LogP contribution in [0.3, 0.4) is 0 Å². The van der Waals surface area contributed by atoms with Gasteiger partial charge in [-0.15, -0.1) is 6.58 Å². The molecule has 2 amide bonds. The first-order chi connectivity index (χ1) is 9.82. The highest BCUT2D eigenvalue weighted by molar-refractivity contribution is 6.07. The molecular weight excluding hydrogens is 266 g/mol. The van der Waals surface area contributed by atoms with E-state index in [1.165, 1.54) is 4.90 Å². The molecule has 0 N–H and O–H groups in total. The summed E-state index contributed by atoms with van der Waals surface area (Å²) < 4.78 is 5.80.